The van der Waals surface area contributed by atoms with Gasteiger partial charge in [-0.1, -0.05) is 17.7 Å². The quantitative estimate of drug-likeness (QED) is 0.651. The number of halogens is 1. The van der Waals surface area contributed by atoms with E-state index in [0.29, 0.717) is 16.5 Å². The molecule has 1 atom stereocenters. The lowest BCUT2D eigenvalue weighted by molar-refractivity contribution is -0.117. The lowest BCUT2D eigenvalue weighted by atomic mass is 10.2. The molecule has 0 aliphatic rings. The number of amides is 1. The molecule has 0 bridgehead atoms. The smallest absolute Gasteiger partial charge is 0.244 e. The summed E-state index contributed by atoms with van der Waals surface area (Å²) in [6.45, 7) is 3.18. The third-order valence-corrected chi connectivity index (χ3v) is 5.92. The summed E-state index contributed by atoms with van der Waals surface area (Å²) in [7, 11) is 0.221. The van der Waals surface area contributed by atoms with E-state index in [2.05, 4.69) is 10.0 Å². The topological polar surface area (TPSA) is 103 Å². The molecule has 0 heterocycles. The molecule has 0 aromatic heterocycles. The fourth-order valence-corrected chi connectivity index (χ4v) is 4.23. The van der Waals surface area contributed by atoms with Gasteiger partial charge in [-0.2, -0.15) is 4.72 Å². The van der Waals surface area contributed by atoms with Gasteiger partial charge < -0.3 is 19.5 Å². The Labute approximate surface area is 175 Å². The van der Waals surface area contributed by atoms with Gasteiger partial charge in [0.05, 0.1) is 38.1 Å². The van der Waals surface area contributed by atoms with Gasteiger partial charge in [0, 0.05) is 12.1 Å². The Morgan fingerprint density at radius 1 is 1.00 bits per heavy atom. The van der Waals surface area contributed by atoms with Crippen molar-refractivity contribution in [3.05, 3.63) is 40.9 Å². The molecule has 2 N–H and O–H groups in total. The minimum atomic E-state index is -4.01. The van der Waals surface area contributed by atoms with E-state index in [1.807, 2.05) is 0 Å². The lowest BCUT2D eigenvalue weighted by Gasteiger charge is -2.18. The SMILES string of the molecule is COc1cc(NC(=O)[C@H](C)NS(=O)(=O)c2cc(C)ccc2OC)c(OC)cc1Cl. The molecule has 8 nitrogen and oxygen atoms in total. The summed E-state index contributed by atoms with van der Waals surface area (Å²) in [5.41, 5.74) is 1.03. The van der Waals surface area contributed by atoms with E-state index in [0.717, 1.165) is 5.56 Å². The fraction of sp³-hybridized carbons (Fsp3) is 0.316. The van der Waals surface area contributed by atoms with Crippen LogP contribution in [0.4, 0.5) is 5.69 Å². The van der Waals surface area contributed by atoms with Crippen LogP contribution in [0.2, 0.25) is 5.02 Å². The van der Waals surface area contributed by atoms with Crippen LogP contribution in [-0.2, 0) is 14.8 Å². The van der Waals surface area contributed by atoms with Gasteiger partial charge in [0.25, 0.3) is 0 Å². The van der Waals surface area contributed by atoms with Crippen molar-refractivity contribution >= 4 is 33.2 Å². The van der Waals surface area contributed by atoms with Crippen LogP contribution >= 0.6 is 11.6 Å². The second kappa shape index (κ2) is 9.34. The Kier molecular flexibility index (Phi) is 7.34. The van der Waals surface area contributed by atoms with Crippen LogP contribution in [-0.4, -0.2) is 41.7 Å². The first-order valence-corrected chi connectivity index (χ1v) is 10.4. The number of hydrogen-bond donors (Lipinski definition) is 2. The van der Waals surface area contributed by atoms with E-state index in [1.165, 1.54) is 46.5 Å². The minimum absolute atomic E-state index is 0.0506. The maximum absolute atomic E-state index is 12.8. The second-order valence-electron chi connectivity index (χ2n) is 6.17. The van der Waals surface area contributed by atoms with E-state index in [1.54, 1.807) is 19.1 Å². The summed E-state index contributed by atoms with van der Waals surface area (Å²) in [5, 5.41) is 2.92. The summed E-state index contributed by atoms with van der Waals surface area (Å²) >= 11 is 6.05. The number of carbonyl (C=O) groups is 1. The van der Waals surface area contributed by atoms with Crippen molar-refractivity contribution in [1.29, 1.82) is 0 Å². The van der Waals surface area contributed by atoms with Gasteiger partial charge in [-0.3, -0.25) is 4.79 Å². The molecule has 0 spiro atoms. The first-order valence-electron chi connectivity index (χ1n) is 8.52. The molecule has 2 aromatic rings. The molecule has 0 radical (unpaired) electrons. The van der Waals surface area contributed by atoms with E-state index in [4.69, 9.17) is 25.8 Å². The number of rotatable bonds is 8. The molecule has 2 aromatic carbocycles. The van der Waals surface area contributed by atoms with E-state index >= 15 is 0 Å². The maximum atomic E-state index is 12.8. The number of benzene rings is 2. The van der Waals surface area contributed by atoms with Crippen molar-refractivity contribution in [3.8, 4) is 17.2 Å². The van der Waals surface area contributed by atoms with Crippen LogP contribution in [0.5, 0.6) is 17.2 Å². The number of ether oxygens (including phenoxy) is 3. The van der Waals surface area contributed by atoms with Gasteiger partial charge in [-0.25, -0.2) is 8.42 Å². The van der Waals surface area contributed by atoms with Gasteiger partial charge >= 0.3 is 0 Å². The Bertz CT molecular complexity index is 1010. The number of methoxy groups -OCH3 is 3. The Morgan fingerprint density at radius 3 is 2.21 bits per heavy atom. The van der Waals surface area contributed by atoms with E-state index < -0.39 is 22.0 Å². The summed E-state index contributed by atoms with van der Waals surface area (Å²) in [5.74, 6) is 0.225. The van der Waals surface area contributed by atoms with Crippen LogP contribution in [0.3, 0.4) is 0 Å². The van der Waals surface area contributed by atoms with E-state index in [9.17, 15) is 13.2 Å². The van der Waals surface area contributed by atoms with Crippen LogP contribution in [0.25, 0.3) is 0 Å². The van der Waals surface area contributed by atoms with Crippen molar-refractivity contribution < 1.29 is 27.4 Å². The van der Waals surface area contributed by atoms with Crippen molar-refractivity contribution in [1.82, 2.24) is 4.72 Å². The van der Waals surface area contributed by atoms with Crippen molar-refractivity contribution in [2.75, 3.05) is 26.6 Å². The highest BCUT2D eigenvalue weighted by atomic mass is 35.5. The molecule has 0 aliphatic heterocycles. The summed E-state index contributed by atoms with van der Waals surface area (Å²) in [4.78, 5) is 12.5. The predicted octanol–water partition coefficient (Wildman–Crippen LogP) is 2.98. The maximum Gasteiger partial charge on any atom is 0.244 e. The number of aryl methyl sites for hydroxylation is 1. The molecular weight excluding hydrogens is 420 g/mol. The second-order valence-corrected chi connectivity index (χ2v) is 8.26. The van der Waals surface area contributed by atoms with Crippen LogP contribution in [0.1, 0.15) is 12.5 Å². The molecule has 0 aliphatic carbocycles. The monoisotopic (exact) mass is 442 g/mol. The van der Waals surface area contributed by atoms with Gasteiger partial charge in [-0.05, 0) is 31.5 Å². The first kappa shape index (κ1) is 22.8. The number of carbonyl (C=O) groups excluding carboxylic acids is 1. The molecule has 0 fully saturated rings. The molecule has 0 unspecified atom stereocenters. The highest BCUT2D eigenvalue weighted by molar-refractivity contribution is 7.89. The first-order chi connectivity index (χ1) is 13.6. The average Bonchev–Trinajstić information content (AvgIpc) is 2.68. The van der Waals surface area contributed by atoms with Crippen LogP contribution in [0, 0.1) is 6.92 Å². The molecule has 29 heavy (non-hydrogen) atoms. The van der Waals surface area contributed by atoms with Crippen LogP contribution < -0.4 is 24.2 Å². The van der Waals surface area contributed by atoms with Crippen molar-refractivity contribution in [2.24, 2.45) is 0 Å². The summed E-state index contributed by atoms with van der Waals surface area (Å²) in [6, 6.07) is 6.65. The number of sulfonamides is 1. The third-order valence-electron chi connectivity index (χ3n) is 4.07. The number of hydrogen-bond acceptors (Lipinski definition) is 6. The molecule has 0 saturated carbocycles. The highest BCUT2D eigenvalue weighted by Crippen LogP contribution is 2.36. The molecular formula is C19H23ClN2O6S. The van der Waals surface area contributed by atoms with Crippen molar-refractivity contribution in [2.45, 2.75) is 24.8 Å². The van der Waals surface area contributed by atoms with Crippen LogP contribution in [0.15, 0.2) is 35.2 Å². The zero-order valence-electron chi connectivity index (χ0n) is 16.7. The van der Waals surface area contributed by atoms with E-state index in [-0.39, 0.29) is 16.3 Å². The van der Waals surface area contributed by atoms with Gasteiger partial charge in [0.2, 0.25) is 15.9 Å². The average molecular weight is 443 g/mol. The molecule has 0 saturated heterocycles. The summed E-state index contributed by atoms with van der Waals surface area (Å²) < 4.78 is 43.4. The molecule has 10 heteroatoms. The summed E-state index contributed by atoms with van der Waals surface area (Å²) in [6.07, 6.45) is 0. The predicted molar refractivity (Wildman–Crippen MR) is 111 cm³/mol. The molecule has 1 amide bonds. The third kappa shape index (κ3) is 5.31. The van der Waals surface area contributed by atoms with Crippen molar-refractivity contribution in [3.63, 3.8) is 0 Å². The normalized spacial score (nSPS) is 12.2. The van der Waals surface area contributed by atoms with Gasteiger partial charge in [0.15, 0.2) is 0 Å². The fourth-order valence-electron chi connectivity index (χ4n) is 2.54. The highest BCUT2D eigenvalue weighted by Gasteiger charge is 2.26. The molecule has 158 valence electrons. The largest absolute Gasteiger partial charge is 0.495 e. The minimum Gasteiger partial charge on any atom is -0.495 e. The Hall–Kier alpha value is -2.49. The lowest BCUT2D eigenvalue weighted by Crippen LogP contribution is -2.41. The molecule has 2 rings (SSSR count). The Morgan fingerprint density at radius 2 is 1.62 bits per heavy atom. The Balaban J connectivity index is 2.24. The van der Waals surface area contributed by atoms with Gasteiger partial charge in [0.1, 0.15) is 22.1 Å². The van der Waals surface area contributed by atoms with Gasteiger partial charge in [-0.15, -0.1) is 0 Å². The standard InChI is InChI=1S/C19H23ClN2O6S/c1-11-6-7-15(26-3)18(8-11)29(24,25)22-12(2)19(23)21-14-10-16(27-4)13(20)9-17(14)28-5/h6-10,12,22H,1-5H3,(H,21,23)/t12-/m0/s1. The number of anilines is 1. The zero-order valence-corrected chi connectivity index (χ0v) is 18.3. The zero-order chi connectivity index (χ0) is 21.8. The number of nitrogens with one attached hydrogen (secondary N) is 2.